The van der Waals surface area contributed by atoms with Gasteiger partial charge in [-0.15, -0.1) is 0 Å². The number of carbonyl (C=O) groups excluding carboxylic acids is 2. The van der Waals surface area contributed by atoms with Gasteiger partial charge in [0.15, 0.2) is 0 Å². The molecule has 50 heavy (non-hydrogen) atoms. The third kappa shape index (κ3) is 37.7. The molecular formula is C40H76NO8P. The number of esters is 1. The van der Waals surface area contributed by atoms with Crippen LogP contribution in [0.2, 0.25) is 0 Å². The highest BCUT2D eigenvalue weighted by Crippen LogP contribution is 2.42. The lowest BCUT2D eigenvalue weighted by Crippen LogP contribution is -2.27. The van der Waals surface area contributed by atoms with E-state index in [0.29, 0.717) is 6.42 Å². The van der Waals surface area contributed by atoms with Crippen molar-refractivity contribution in [3.05, 3.63) is 24.3 Å². The Morgan fingerprint density at radius 2 is 1.10 bits per heavy atom. The lowest BCUT2D eigenvalue weighted by atomic mass is 10.0. The fourth-order valence-electron chi connectivity index (χ4n) is 5.51. The molecule has 0 fully saturated rings. The molecular weight excluding hydrogens is 653 g/mol. The van der Waals surface area contributed by atoms with Crippen LogP contribution in [0.5, 0.6) is 0 Å². The van der Waals surface area contributed by atoms with Crippen molar-refractivity contribution in [2.45, 2.75) is 193 Å². The van der Waals surface area contributed by atoms with Crippen LogP contribution in [0.25, 0.3) is 0 Å². The van der Waals surface area contributed by atoms with E-state index in [2.05, 4.69) is 43.5 Å². The van der Waals surface area contributed by atoms with Crippen LogP contribution < -0.4 is 5.32 Å². The van der Waals surface area contributed by atoms with E-state index >= 15 is 0 Å². The van der Waals surface area contributed by atoms with Crippen molar-refractivity contribution in [2.75, 3.05) is 26.4 Å². The quantitative estimate of drug-likeness (QED) is 0.0248. The van der Waals surface area contributed by atoms with Crippen molar-refractivity contribution in [1.29, 1.82) is 0 Å². The average Bonchev–Trinajstić information content (AvgIpc) is 3.10. The largest absolute Gasteiger partial charge is 0.472 e. The van der Waals surface area contributed by atoms with Gasteiger partial charge in [-0.05, 0) is 38.5 Å². The number of aliphatic hydroxyl groups excluding tert-OH is 1. The molecule has 0 rings (SSSR count). The van der Waals surface area contributed by atoms with Crippen LogP contribution in [0.4, 0.5) is 0 Å². The van der Waals surface area contributed by atoms with Crippen molar-refractivity contribution in [2.24, 2.45) is 0 Å². The molecule has 294 valence electrons. The molecule has 0 heterocycles. The molecule has 0 aromatic heterocycles. The monoisotopic (exact) mass is 730 g/mol. The number of hydrogen-bond acceptors (Lipinski definition) is 7. The second kappa shape index (κ2) is 37.3. The highest BCUT2D eigenvalue weighted by atomic mass is 31.2. The third-order valence-corrected chi connectivity index (χ3v) is 9.62. The molecule has 0 aromatic rings. The average molecular weight is 730 g/mol. The predicted molar refractivity (Wildman–Crippen MR) is 206 cm³/mol. The molecule has 0 spiro atoms. The van der Waals surface area contributed by atoms with Crippen molar-refractivity contribution in [3.8, 4) is 0 Å². The van der Waals surface area contributed by atoms with E-state index in [9.17, 15) is 24.2 Å². The van der Waals surface area contributed by atoms with Crippen LogP contribution in [0, 0.1) is 0 Å². The number of allylic oxidation sites excluding steroid dienone is 4. The van der Waals surface area contributed by atoms with Crippen LogP contribution in [0.15, 0.2) is 24.3 Å². The van der Waals surface area contributed by atoms with Gasteiger partial charge in [-0.3, -0.25) is 18.6 Å². The van der Waals surface area contributed by atoms with Crippen molar-refractivity contribution in [1.82, 2.24) is 5.32 Å². The summed E-state index contributed by atoms with van der Waals surface area (Å²) in [5, 5.41) is 12.7. The van der Waals surface area contributed by atoms with Gasteiger partial charge in [0.2, 0.25) is 5.91 Å². The summed E-state index contributed by atoms with van der Waals surface area (Å²) in [6.45, 7) is 3.50. The first-order valence-corrected chi connectivity index (χ1v) is 21.8. The summed E-state index contributed by atoms with van der Waals surface area (Å²) in [6, 6.07) is 0. The molecule has 3 N–H and O–H groups in total. The van der Waals surface area contributed by atoms with Gasteiger partial charge in [0.05, 0.1) is 13.2 Å². The first-order valence-electron chi connectivity index (χ1n) is 20.3. The molecule has 0 aliphatic rings. The van der Waals surface area contributed by atoms with Crippen LogP contribution in [0.3, 0.4) is 0 Å². The van der Waals surface area contributed by atoms with Crippen molar-refractivity contribution >= 4 is 19.7 Å². The standard InChI is InChI=1S/C40H76NO8P/c1-3-5-7-9-11-13-15-17-19-20-22-24-26-28-30-32-39(43)41-34-35-48-50(45,46)49-37-38(42)36-47-40(44)33-31-29-27-25-23-21-18-16-14-12-10-8-6-4-2/h10,12,16,18,38,42H,3-9,11,13-15,17,19-37H2,1-2H3,(H,41,43)(H,45,46)/b12-10-,18-16-. The lowest BCUT2D eigenvalue weighted by Gasteiger charge is -2.15. The Morgan fingerprint density at radius 3 is 1.66 bits per heavy atom. The normalized spacial score (nSPS) is 13.6. The summed E-state index contributed by atoms with van der Waals surface area (Å²) < 4.78 is 26.8. The Morgan fingerprint density at radius 1 is 0.620 bits per heavy atom. The van der Waals surface area contributed by atoms with E-state index in [1.54, 1.807) is 0 Å². The summed E-state index contributed by atoms with van der Waals surface area (Å²) in [6.07, 6.45) is 38.2. The Bertz CT molecular complexity index is 881. The number of aliphatic hydroxyl groups is 1. The predicted octanol–water partition coefficient (Wildman–Crippen LogP) is 10.8. The number of unbranched alkanes of at least 4 members (excludes halogenated alkanes) is 21. The molecule has 10 heteroatoms. The minimum absolute atomic E-state index is 0.0831. The highest BCUT2D eigenvalue weighted by molar-refractivity contribution is 7.47. The smallest absolute Gasteiger partial charge is 0.463 e. The number of phosphoric ester groups is 1. The third-order valence-electron chi connectivity index (χ3n) is 8.63. The molecule has 2 atom stereocenters. The number of amides is 1. The van der Waals surface area contributed by atoms with Crippen LogP contribution in [-0.4, -0.2) is 54.3 Å². The van der Waals surface area contributed by atoms with E-state index in [-0.39, 0.29) is 32.1 Å². The van der Waals surface area contributed by atoms with Gasteiger partial charge in [0, 0.05) is 19.4 Å². The number of carbonyl (C=O) groups is 2. The molecule has 0 saturated heterocycles. The minimum Gasteiger partial charge on any atom is -0.463 e. The highest BCUT2D eigenvalue weighted by Gasteiger charge is 2.23. The Balaban J connectivity index is 3.61. The zero-order valence-electron chi connectivity index (χ0n) is 32.1. The van der Waals surface area contributed by atoms with Gasteiger partial charge in [0.25, 0.3) is 0 Å². The maximum absolute atomic E-state index is 12.1. The molecule has 0 radical (unpaired) electrons. The summed E-state index contributed by atoms with van der Waals surface area (Å²) in [7, 11) is -4.41. The molecule has 0 aliphatic heterocycles. The van der Waals surface area contributed by atoms with Gasteiger partial charge in [-0.2, -0.15) is 0 Å². The second-order valence-corrected chi connectivity index (χ2v) is 15.1. The van der Waals surface area contributed by atoms with Gasteiger partial charge in [-0.25, -0.2) is 4.57 Å². The maximum atomic E-state index is 12.1. The Labute approximate surface area is 306 Å². The zero-order valence-corrected chi connectivity index (χ0v) is 33.0. The fourth-order valence-corrected chi connectivity index (χ4v) is 6.27. The number of hydrogen-bond donors (Lipinski definition) is 3. The molecule has 9 nitrogen and oxygen atoms in total. The molecule has 0 saturated carbocycles. The Hall–Kier alpha value is -1.51. The summed E-state index contributed by atoms with van der Waals surface area (Å²) in [5.41, 5.74) is 0. The van der Waals surface area contributed by atoms with Gasteiger partial charge >= 0.3 is 13.8 Å². The first-order chi connectivity index (χ1) is 24.3. The van der Waals surface area contributed by atoms with Gasteiger partial charge in [-0.1, -0.05) is 160 Å². The van der Waals surface area contributed by atoms with Crippen LogP contribution in [-0.2, 0) is 27.9 Å². The zero-order chi connectivity index (χ0) is 36.8. The molecule has 0 bridgehead atoms. The van der Waals surface area contributed by atoms with Gasteiger partial charge < -0.3 is 20.1 Å². The number of phosphoric acid groups is 1. The lowest BCUT2D eigenvalue weighted by molar-refractivity contribution is -0.147. The Kier molecular flexibility index (Phi) is 36.1. The van der Waals surface area contributed by atoms with Crippen LogP contribution >= 0.6 is 7.82 Å². The second-order valence-electron chi connectivity index (χ2n) is 13.6. The van der Waals surface area contributed by atoms with E-state index in [1.165, 1.54) is 96.3 Å². The van der Waals surface area contributed by atoms with Crippen molar-refractivity contribution in [3.63, 3.8) is 0 Å². The number of ether oxygens (including phenoxy) is 1. The molecule has 0 aliphatic carbocycles. The van der Waals surface area contributed by atoms with E-state index in [4.69, 9.17) is 13.8 Å². The number of nitrogens with one attached hydrogen (secondary N) is 1. The SMILES string of the molecule is CCCC/C=C\C/C=C\CCCCCCCC(=O)OCC(O)COP(=O)(O)OCCNC(=O)CCCCCCCCCCCCCCCCC. The molecule has 1 amide bonds. The maximum Gasteiger partial charge on any atom is 0.472 e. The molecule has 2 unspecified atom stereocenters. The van der Waals surface area contributed by atoms with E-state index in [0.717, 1.165) is 64.2 Å². The van der Waals surface area contributed by atoms with E-state index < -0.39 is 26.5 Å². The van der Waals surface area contributed by atoms with Crippen molar-refractivity contribution < 1.29 is 37.9 Å². The summed E-state index contributed by atoms with van der Waals surface area (Å²) in [5.74, 6) is -0.527. The van der Waals surface area contributed by atoms with Gasteiger partial charge in [0.1, 0.15) is 12.7 Å². The topological polar surface area (TPSA) is 131 Å². The van der Waals surface area contributed by atoms with Crippen LogP contribution in [0.1, 0.15) is 187 Å². The van der Waals surface area contributed by atoms with E-state index in [1.807, 2.05) is 0 Å². The number of rotatable bonds is 38. The first kappa shape index (κ1) is 48.5. The summed E-state index contributed by atoms with van der Waals surface area (Å²) in [4.78, 5) is 33.8. The fraction of sp³-hybridized carbons (Fsp3) is 0.850. The minimum atomic E-state index is -4.41. The molecule has 0 aromatic carbocycles. The summed E-state index contributed by atoms with van der Waals surface area (Å²) >= 11 is 0.